The summed E-state index contributed by atoms with van der Waals surface area (Å²) in [5.74, 6) is 0.809. The first kappa shape index (κ1) is 12.9. The zero-order valence-electron chi connectivity index (χ0n) is 9.98. The Kier molecular flexibility index (Phi) is 6.53. The third-order valence-electron chi connectivity index (χ3n) is 2.30. The molecule has 0 aliphatic carbocycles. The third kappa shape index (κ3) is 5.09. The average molecular weight is 224 g/mol. The van der Waals surface area contributed by atoms with Crippen molar-refractivity contribution < 1.29 is 9.47 Å². The van der Waals surface area contributed by atoms with Crippen LogP contribution in [0, 0.1) is 0 Å². The monoisotopic (exact) mass is 224 g/mol. The molecular formula is C12H20N2O2. The highest BCUT2D eigenvalue weighted by Crippen LogP contribution is 2.05. The Hall–Kier alpha value is -1.13. The van der Waals surface area contributed by atoms with Crippen molar-refractivity contribution in [3.63, 3.8) is 0 Å². The third-order valence-corrected chi connectivity index (χ3v) is 2.30. The Morgan fingerprint density at radius 2 is 2.38 bits per heavy atom. The molecule has 1 unspecified atom stereocenters. The van der Waals surface area contributed by atoms with E-state index in [4.69, 9.17) is 9.47 Å². The van der Waals surface area contributed by atoms with Crippen molar-refractivity contribution in [3.05, 3.63) is 24.5 Å². The van der Waals surface area contributed by atoms with Gasteiger partial charge >= 0.3 is 0 Å². The second-order valence-corrected chi connectivity index (χ2v) is 3.55. The van der Waals surface area contributed by atoms with Crippen LogP contribution in [-0.4, -0.2) is 37.9 Å². The normalized spacial score (nSPS) is 12.4. The number of ether oxygens (including phenoxy) is 2. The van der Waals surface area contributed by atoms with E-state index in [0.29, 0.717) is 12.6 Å². The van der Waals surface area contributed by atoms with Crippen molar-refractivity contribution in [2.24, 2.45) is 0 Å². The van der Waals surface area contributed by atoms with Crippen molar-refractivity contribution >= 4 is 0 Å². The Labute approximate surface area is 97.0 Å². The van der Waals surface area contributed by atoms with Gasteiger partial charge in [0.05, 0.1) is 12.8 Å². The molecule has 0 saturated carbocycles. The minimum Gasteiger partial charge on any atom is -0.491 e. The lowest BCUT2D eigenvalue weighted by molar-refractivity contribution is 0.161. The smallest absolute Gasteiger partial charge is 0.137 e. The minimum absolute atomic E-state index is 0.405. The molecule has 1 N–H and O–H groups in total. The van der Waals surface area contributed by atoms with Crippen LogP contribution in [0.3, 0.4) is 0 Å². The summed E-state index contributed by atoms with van der Waals surface area (Å²) in [5.41, 5.74) is 0. The van der Waals surface area contributed by atoms with Crippen molar-refractivity contribution in [2.45, 2.75) is 19.4 Å². The fourth-order valence-electron chi connectivity index (χ4n) is 1.39. The fourth-order valence-corrected chi connectivity index (χ4v) is 1.39. The van der Waals surface area contributed by atoms with Crippen LogP contribution in [0.4, 0.5) is 0 Å². The zero-order chi connectivity index (χ0) is 11.6. The fraction of sp³-hybridized carbons (Fsp3) is 0.583. The Bertz CT molecular complexity index is 267. The summed E-state index contributed by atoms with van der Waals surface area (Å²) in [5, 5.41) is 3.37. The summed E-state index contributed by atoms with van der Waals surface area (Å²) in [6, 6.07) is 4.17. The molecule has 0 radical (unpaired) electrons. The van der Waals surface area contributed by atoms with Gasteiger partial charge in [-0.1, -0.05) is 6.92 Å². The quantitative estimate of drug-likeness (QED) is 0.679. The molecule has 0 aliphatic rings. The highest BCUT2D eigenvalue weighted by atomic mass is 16.5. The van der Waals surface area contributed by atoms with Crippen LogP contribution in [0.15, 0.2) is 24.5 Å². The van der Waals surface area contributed by atoms with Crippen molar-refractivity contribution in [3.8, 4) is 5.75 Å². The van der Waals surface area contributed by atoms with Crippen molar-refractivity contribution in [1.82, 2.24) is 10.3 Å². The van der Waals surface area contributed by atoms with Crippen LogP contribution >= 0.6 is 0 Å². The number of hydrogen-bond acceptors (Lipinski definition) is 4. The maximum Gasteiger partial charge on any atom is 0.137 e. The number of nitrogens with one attached hydrogen (secondary N) is 1. The number of hydrogen-bond donors (Lipinski definition) is 1. The van der Waals surface area contributed by atoms with Gasteiger partial charge in [-0.25, -0.2) is 0 Å². The number of aromatic nitrogens is 1. The molecule has 16 heavy (non-hydrogen) atoms. The molecule has 0 aliphatic heterocycles. The van der Waals surface area contributed by atoms with E-state index < -0.39 is 0 Å². The lowest BCUT2D eigenvalue weighted by Gasteiger charge is -2.15. The molecule has 1 rings (SSSR count). The van der Waals surface area contributed by atoms with E-state index in [2.05, 4.69) is 17.2 Å². The highest BCUT2D eigenvalue weighted by Gasteiger charge is 2.03. The molecule has 90 valence electrons. The topological polar surface area (TPSA) is 43.4 Å². The minimum atomic E-state index is 0.405. The standard InChI is InChI=1S/C12H20N2O2/c1-3-11(10-15-2)14-7-8-16-12-5-4-6-13-9-12/h4-6,9,11,14H,3,7-8,10H2,1-2H3. The largest absolute Gasteiger partial charge is 0.491 e. The van der Waals surface area contributed by atoms with Crippen LogP contribution in [0.2, 0.25) is 0 Å². The first-order chi connectivity index (χ1) is 7.86. The van der Waals surface area contributed by atoms with Crippen molar-refractivity contribution in [1.29, 1.82) is 0 Å². The van der Waals surface area contributed by atoms with Crippen LogP contribution < -0.4 is 10.1 Å². The molecule has 4 heteroatoms. The number of nitrogens with zero attached hydrogens (tertiary/aromatic N) is 1. The maximum atomic E-state index is 5.51. The first-order valence-corrected chi connectivity index (χ1v) is 5.62. The van der Waals surface area contributed by atoms with E-state index >= 15 is 0 Å². The molecule has 1 heterocycles. The second-order valence-electron chi connectivity index (χ2n) is 3.55. The summed E-state index contributed by atoms with van der Waals surface area (Å²) in [6.45, 7) is 4.34. The van der Waals surface area contributed by atoms with Gasteiger partial charge in [0.25, 0.3) is 0 Å². The average Bonchev–Trinajstić information content (AvgIpc) is 2.34. The lowest BCUT2D eigenvalue weighted by Crippen LogP contribution is -2.35. The molecule has 1 aromatic rings. The SMILES string of the molecule is CCC(COC)NCCOc1cccnc1. The van der Waals surface area contributed by atoms with Gasteiger partial charge in [0.2, 0.25) is 0 Å². The molecule has 0 aromatic carbocycles. The Morgan fingerprint density at radius 3 is 3.00 bits per heavy atom. The summed E-state index contributed by atoms with van der Waals surface area (Å²) in [7, 11) is 1.72. The van der Waals surface area contributed by atoms with Gasteiger partial charge in [-0.2, -0.15) is 0 Å². The van der Waals surface area contributed by atoms with Gasteiger partial charge in [0.15, 0.2) is 0 Å². The zero-order valence-corrected chi connectivity index (χ0v) is 9.98. The van der Waals surface area contributed by atoms with Gasteiger partial charge in [-0.3, -0.25) is 4.98 Å². The number of rotatable bonds is 8. The van der Waals surface area contributed by atoms with Crippen LogP contribution in [-0.2, 0) is 4.74 Å². The lowest BCUT2D eigenvalue weighted by atomic mass is 10.2. The van der Waals surface area contributed by atoms with Crippen LogP contribution in [0.5, 0.6) is 5.75 Å². The maximum absolute atomic E-state index is 5.51. The summed E-state index contributed by atoms with van der Waals surface area (Å²) >= 11 is 0. The summed E-state index contributed by atoms with van der Waals surface area (Å²) < 4.78 is 10.6. The van der Waals surface area contributed by atoms with Crippen LogP contribution in [0.1, 0.15) is 13.3 Å². The van der Waals surface area contributed by atoms with E-state index in [1.54, 1.807) is 19.5 Å². The molecular weight excluding hydrogens is 204 g/mol. The van der Waals surface area contributed by atoms with Gasteiger partial charge in [-0.05, 0) is 18.6 Å². The van der Waals surface area contributed by atoms with E-state index in [9.17, 15) is 0 Å². The van der Waals surface area contributed by atoms with E-state index in [1.807, 2.05) is 12.1 Å². The molecule has 0 spiro atoms. The second kappa shape index (κ2) is 8.07. The Morgan fingerprint density at radius 1 is 1.50 bits per heavy atom. The number of pyridine rings is 1. The van der Waals surface area contributed by atoms with E-state index in [-0.39, 0.29) is 0 Å². The van der Waals surface area contributed by atoms with Gasteiger partial charge < -0.3 is 14.8 Å². The van der Waals surface area contributed by atoms with Gasteiger partial charge in [0.1, 0.15) is 12.4 Å². The Balaban J connectivity index is 2.11. The van der Waals surface area contributed by atoms with Crippen molar-refractivity contribution in [2.75, 3.05) is 26.9 Å². The summed E-state index contributed by atoms with van der Waals surface area (Å²) in [4.78, 5) is 3.98. The molecule has 1 atom stereocenters. The predicted octanol–water partition coefficient (Wildman–Crippen LogP) is 1.47. The van der Waals surface area contributed by atoms with E-state index in [1.165, 1.54) is 0 Å². The summed E-state index contributed by atoms with van der Waals surface area (Å²) in [6.07, 6.45) is 4.50. The predicted molar refractivity (Wildman–Crippen MR) is 63.7 cm³/mol. The van der Waals surface area contributed by atoms with Gasteiger partial charge in [0, 0.05) is 25.9 Å². The molecule has 0 amide bonds. The van der Waals surface area contributed by atoms with Gasteiger partial charge in [-0.15, -0.1) is 0 Å². The molecule has 0 saturated heterocycles. The highest BCUT2D eigenvalue weighted by molar-refractivity contribution is 5.15. The first-order valence-electron chi connectivity index (χ1n) is 5.62. The van der Waals surface area contributed by atoms with E-state index in [0.717, 1.165) is 25.3 Å². The number of methoxy groups -OCH3 is 1. The molecule has 4 nitrogen and oxygen atoms in total. The molecule has 0 bridgehead atoms. The molecule has 0 fully saturated rings. The molecule has 1 aromatic heterocycles. The van der Waals surface area contributed by atoms with Crippen LogP contribution in [0.25, 0.3) is 0 Å².